The molecule has 1 fully saturated rings. The topological polar surface area (TPSA) is 12.0 Å². The Hall–Kier alpha value is 0.0500. The summed E-state index contributed by atoms with van der Waals surface area (Å²) in [6.07, 6.45) is 3.39. The van der Waals surface area contributed by atoms with Crippen LogP contribution in [0.5, 0.6) is 0 Å². The van der Waals surface area contributed by atoms with Gasteiger partial charge in [-0.15, -0.1) is 11.8 Å². The molecular formula is C10H19NS. The van der Waals surface area contributed by atoms with E-state index in [9.17, 15) is 0 Å². The smallest absolute Gasteiger partial charge is 0.0164 e. The molecule has 0 bridgehead atoms. The first kappa shape index (κ1) is 10.1. The Labute approximate surface area is 80.0 Å². The number of nitrogens with one attached hydrogen (secondary N) is 1. The van der Waals surface area contributed by atoms with Gasteiger partial charge in [0.25, 0.3) is 0 Å². The Bertz CT molecular complexity index is 165. The third-order valence-electron chi connectivity index (χ3n) is 2.66. The van der Waals surface area contributed by atoms with Crippen molar-refractivity contribution in [3.8, 4) is 0 Å². The molecule has 2 atom stereocenters. The van der Waals surface area contributed by atoms with E-state index < -0.39 is 0 Å². The molecule has 1 nitrogen and oxygen atoms in total. The molecule has 0 aromatic heterocycles. The maximum absolute atomic E-state index is 4.11. The summed E-state index contributed by atoms with van der Waals surface area (Å²) in [5.74, 6) is 1.42. The van der Waals surface area contributed by atoms with Crippen LogP contribution in [0.3, 0.4) is 0 Å². The molecule has 1 aliphatic rings. The highest BCUT2D eigenvalue weighted by molar-refractivity contribution is 8.02. The van der Waals surface area contributed by atoms with Crippen molar-refractivity contribution in [3.05, 3.63) is 11.5 Å². The van der Waals surface area contributed by atoms with E-state index in [0.29, 0.717) is 12.0 Å². The predicted octanol–water partition coefficient (Wildman–Crippen LogP) is 2.50. The van der Waals surface area contributed by atoms with E-state index in [1.165, 1.54) is 11.3 Å². The van der Waals surface area contributed by atoms with Crippen LogP contribution in [0.1, 0.15) is 20.3 Å². The monoisotopic (exact) mass is 185 g/mol. The second kappa shape index (κ2) is 4.33. The van der Waals surface area contributed by atoms with Crippen molar-refractivity contribution in [1.29, 1.82) is 0 Å². The van der Waals surface area contributed by atoms with Crippen LogP contribution >= 0.6 is 11.8 Å². The van der Waals surface area contributed by atoms with E-state index in [-0.39, 0.29) is 0 Å². The summed E-state index contributed by atoms with van der Waals surface area (Å²) in [6, 6.07) is 0.657. The zero-order chi connectivity index (χ0) is 9.14. The van der Waals surface area contributed by atoms with Crippen molar-refractivity contribution in [1.82, 2.24) is 5.32 Å². The Morgan fingerprint density at radius 2 is 2.25 bits per heavy atom. The van der Waals surface area contributed by atoms with Crippen LogP contribution in [-0.2, 0) is 0 Å². The van der Waals surface area contributed by atoms with Crippen molar-refractivity contribution < 1.29 is 0 Å². The fourth-order valence-corrected chi connectivity index (χ4v) is 2.51. The summed E-state index contributed by atoms with van der Waals surface area (Å²) in [7, 11) is 0. The molecule has 70 valence electrons. The van der Waals surface area contributed by atoms with Gasteiger partial charge in [-0.25, -0.2) is 0 Å². The second-order valence-corrected chi connectivity index (χ2v) is 4.72. The van der Waals surface area contributed by atoms with Crippen molar-refractivity contribution in [2.24, 2.45) is 11.8 Å². The average molecular weight is 185 g/mol. The SMILES string of the molecule is C=C(SC)C1CCNC1C(C)C. The summed E-state index contributed by atoms with van der Waals surface area (Å²) in [5.41, 5.74) is 0. The fraction of sp³-hybridized carbons (Fsp3) is 0.800. The lowest BCUT2D eigenvalue weighted by atomic mass is 9.92. The van der Waals surface area contributed by atoms with E-state index in [4.69, 9.17) is 0 Å². The standard InChI is InChI=1S/C10H19NS/c1-7(2)10-9(5-6-11-10)8(3)12-4/h7,9-11H,3,5-6H2,1-2,4H3. The Kier molecular flexibility index (Phi) is 3.66. The van der Waals surface area contributed by atoms with Gasteiger partial charge < -0.3 is 5.32 Å². The highest BCUT2D eigenvalue weighted by atomic mass is 32.2. The van der Waals surface area contributed by atoms with E-state index in [0.717, 1.165) is 12.5 Å². The van der Waals surface area contributed by atoms with Gasteiger partial charge in [0.2, 0.25) is 0 Å². The quantitative estimate of drug-likeness (QED) is 0.725. The van der Waals surface area contributed by atoms with E-state index in [1.54, 1.807) is 0 Å². The van der Waals surface area contributed by atoms with Crippen LogP contribution in [-0.4, -0.2) is 18.8 Å². The minimum Gasteiger partial charge on any atom is -0.313 e. The summed E-state index contributed by atoms with van der Waals surface area (Å²) < 4.78 is 0. The van der Waals surface area contributed by atoms with Crippen molar-refractivity contribution in [3.63, 3.8) is 0 Å². The minimum atomic E-state index is 0.657. The molecule has 1 N–H and O–H groups in total. The van der Waals surface area contributed by atoms with Gasteiger partial charge in [0.05, 0.1) is 0 Å². The van der Waals surface area contributed by atoms with Gasteiger partial charge in [0.15, 0.2) is 0 Å². The first-order valence-corrected chi connectivity index (χ1v) is 5.85. The molecular weight excluding hydrogens is 166 g/mol. The van der Waals surface area contributed by atoms with Gasteiger partial charge >= 0.3 is 0 Å². The molecule has 1 heterocycles. The van der Waals surface area contributed by atoms with Crippen LogP contribution in [0, 0.1) is 11.8 Å². The number of hydrogen-bond donors (Lipinski definition) is 1. The van der Waals surface area contributed by atoms with E-state index in [1.807, 2.05) is 11.8 Å². The van der Waals surface area contributed by atoms with Crippen LogP contribution in [0.4, 0.5) is 0 Å². The van der Waals surface area contributed by atoms with Crippen molar-refractivity contribution in [2.45, 2.75) is 26.3 Å². The van der Waals surface area contributed by atoms with Gasteiger partial charge in [-0.3, -0.25) is 0 Å². The molecule has 0 aromatic carbocycles. The molecule has 1 saturated heterocycles. The van der Waals surface area contributed by atoms with Crippen LogP contribution in [0.2, 0.25) is 0 Å². The Morgan fingerprint density at radius 3 is 2.75 bits per heavy atom. The van der Waals surface area contributed by atoms with Gasteiger partial charge in [-0.05, 0) is 30.0 Å². The maximum Gasteiger partial charge on any atom is 0.0164 e. The lowest BCUT2D eigenvalue weighted by Gasteiger charge is -2.23. The number of thioether (sulfide) groups is 1. The average Bonchev–Trinajstić information content (AvgIpc) is 2.50. The molecule has 0 spiro atoms. The molecule has 0 saturated carbocycles. The van der Waals surface area contributed by atoms with E-state index in [2.05, 4.69) is 32.0 Å². The second-order valence-electron chi connectivity index (χ2n) is 3.79. The van der Waals surface area contributed by atoms with Crippen LogP contribution < -0.4 is 5.32 Å². The molecule has 0 radical (unpaired) electrons. The Morgan fingerprint density at radius 1 is 1.58 bits per heavy atom. The molecule has 0 amide bonds. The van der Waals surface area contributed by atoms with Crippen molar-refractivity contribution >= 4 is 11.8 Å². The summed E-state index contributed by atoms with van der Waals surface area (Å²) in [6.45, 7) is 9.83. The van der Waals surface area contributed by atoms with E-state index >= 15 is 0 Å². The third-order valence-corrected chi connectivity index (χ3v) is 3.49. The zero-order valence-corrected chi connectivity index (χ0v) is 9.08. The van der Waals surface area contributed by atoms with Crippen molar-refractivity contribution in [2.75, 3.05) is 12.8 Å². The summed E-state index contributed by atoms with van der Waals surface area (Å²) >= 11 is 1.81. The summed E-state index contributed by atoms with van der Waals surface area (Å²) in [5, 5.41) is 3.55. The normalized spacial score (nSPS) is 29.7. The largest absolute Gasteiger partial charge is 0.313 e. The van der Waals surface area contributed by atoms with Gasteiger partial charge in [-0.2, -0.15) is 0 Å². The third kappa shape index (κ3) is 2.05. The predicted molar refractivity (Wildman–Crippen MR) is 57.4 cm³/mol. The first-order chi connectivity index (χ1) is 5.66. The van der Waals surface area contributed by atoms with Gasteiger partial charge in [-0.1, -0.05) is 20.4 Å². The molecule has 0 aliphatic carbocycles. The molecule has 2 unspecified atom stereocenters. The highest BCUT2D eigenvalue weighted by Gasteiger charge is 2.30. The minimum absolute atomic E-state index is 0.657. The maximum atomic E-state index is 4.11. The van der Waals surface area contributed by atoms with Gasteiger partial charge in [0.1, 0.15) is 0 Å². The fourth-order valence-electron chi connectivity index (χ4n) is 1.94. The molecule has 1 aliphatic heterocycles. The van der Waals surface area contributed by atoms with Gasteiger partial charge in [0, 0.05) is 12.0 Å². The number of hydrogen-bond acceptors (Lipinski definition) is 2. The lowest BCUT2D eigenvalue weighted by molar-refractivity contribution is 0.397. The highest BCUT2D eigenvalue weighted by Crippen LogP contribution is 2.32. The number of rotatable bonds is 3. The summed E-state index contributed by atoms with van der Waals surface area (Å²) in [4.78, 5) is 1.35. The molecule has 0 aromatic rings. The van der Waals surface area contributed by atoms with Crippen LogP contribution in [0.15, 0.2) is 11.5 Å². The molecule has 1 rings (SSSR count). The molecule has 12 heavy (non-hydrogen) atoms. The van der Waals surface area contributed by atoms with Crippen LogP contribution in [0.25, 0.3) is 0 Å². The lowest BCUT2D eigenvalue weighted by Crippen LogP contribution is -2.32. The first-order valence-electron chi connectivity index (χ1n) is 4.63. The molecule has 2 heteroatoms. The zero-order valence-electron chi connectivity index (χ0n) is 8.26. The Balaban J connectivity index is 2.57.